The first-order chi connectivity index (χ1) is 16.4. The molecule has 34 heavy (non-hydrogen) atoms. The van der Waals surface area contributed by atoms with Gasteiger partial charge in [0.2, 0.25) is 17.2 Å². The summed E-state index contributed by atoms with van der Waals surface area (Å²) in [6, 6.07) is 9.45. The lowest BCUT2D eigenvalue weighted by molar-refractivity contribution is -0.129. The maximum atomic E-state index is 13.5. The maximum absolute atomic E-state index is 13.5. The highest BCUT2D eigenvalue weighted by Crippen LogP contribution is 2.52. The van der Waals surface area contributed by atoms with Crippen LogP contribution in [0.15, 0.2) is 48.4 Å². The predicted octanol–water partition coefficient (Wildman–Crippen LogP) is 3.80. The Morgan fingerprint density at radius 2 is 2.00 bits per heavy atom. The molecule has 9 heteroatoms. The number of ketones is 2. The summed E-state index contributed by atoms with van der Waals surface area (Å²) in [5, 5.41) is 3.48. The molecule has 1 N–H and O–H groups in total. The number of hydrogen-bond acceptors (Lipinski definition) is 7. The smallest absolute Gasteiger partial charge is 0.236 e. The number of aromatic nitrogens is 2. The normalized spacial score (nSPS) is 21.4. The number of hydrogen-bond donors (Lipinski definition) is 1. The van der Waals surface area contributed by atoms with Gasteiger partial charge in [0.25, 0.3) is 0 Å². The van der Waals surface area contributed by atoms with Gasteiger partial charge in [0.1, 0.15) is 22.1 Å². The summed E-state index contributed by atoms with van der Waals surface area (Å²) in [6.07, 6.45) is 3.73. The van der Waals surface area contributed by atoms with Gasteiger partial charge >= 0.3 is 0 Å². The molecule has 0 radical (unpaired) electrons. The number of carbonyl (C=O) groups excluding carboxylic acids is 2. The number of methoxy groups -OCH3 is 2. The van der Waals surface area contributed by atoms with Crippen molar-refractivity contribution in [1.29, 1.82) is 0 Å². The van der Waals surface area contributed by atoms with Crippen LogP contribution in [-0.4, -0.2) is 47.5 Å². The molecule has 0 unspecified atom stereocenters. The molecule has 2 heterocycles. The van der Waals surface area contributed by atoms with Gasteiger partial charge in [0, 0.05) is 36.8 Å². The number of carbonyl (C=O) groups is 2. The molecule has 0 fully saturated rings. The van der Waals surface area contributed by atoms with E-state index in [2.05, 4.69) is 14.9 Å². The average molecular weight is 482 g/mol. The first kappa shape index (κ1) is 22.3. The summed E-state index contributed by atoms with van der Waals surface area (Å²) in [5.74, 6) is -0.587. The summed E-state index contributed by atoms with van der Waals surface area (Å²) in [7, 11) is 2.90. The lowest BCUT2D eigenvalue weighted by Gasteiger charge is -2.35. The van der Waals surface area contributed by atoms with Crippen molar-refractivity contribution in [3.63, 3.8) is 0 Å². The molecule has 5 rings (SSSR count). The third-order valence-electron chi connectivity index (χ3n) is 6.54. The number of ether oxygens (including phenoxy) is 3. The molecule has 1 aromatic heterocycles. The number of nitrogens with zero attached hydrogens (tertiary/aromatic N) is 2. The minimum Gasteiger partial charge on any atom is -0.496 e. The van der Waals surface area contributed by atoms with Crippen molar-refractivity contribution in [3.8, 4) is 17.2 Å². The molecule has 2 aliphatic rings. The topological polar surface area (TPSA) is 91.7 Å². The Kier molecular flexibility index (Phi) is 5.48. The van der Waals surface area contributed by atoms with Crippen molar-refractivity contribution < 1.29 is 23.8 Å². The Bertz CT molecular complexity index is 1350. The van der Waals surface area contributed by atoms with Gasteiger partial charge in [0.15, 0.2) is 5.75 Å². The molecule has 8 nitrogen and oxygen atoms in total. The number of benzene rings is 2. The van der Waals surface area contributed by atoms with E-state index in [9.17, 15) is 9.59 Å². The fourth-order valence-corrected chi connectivity index (χ4v) is 5.04. The Balaban J connectivity index is 1.37. The van der Waals surface area contributed by atoms with Gasteiger partial charge < -0.3 is 24.1 Å². The fraction of sp³-hybridized carbons (Fsp3) is 0.320. The van der Waals surface area contributed by atoms with Crippen molar-refractivity contribution >= 4 is 34.2 Å². The Hall–Kier alpha value is -3.52. The van der Waals surface area contributed by atoms with Gasteiger partial charge in [-0.2, -0.15) is 0 Å². The van der Waals surface area contributed by atoms with Crippen LogP contribution in [0, 0.1) is 5.92 Å². The molecule has 2 atom stereocenters. The molecule has 3 aromatic rings. The Morgan fingerprint density at radius 1 is 1.24 bits per heavy atom. The lowest BCUT2D eigenvalue weighted by atomic mass is 9.74. The second-order valence-corrected chi connectivity index (χ2v) is 8.84. The van der Waals surface area contributed by atoms with E-state index in [-0.39, 0.29) is 22.1 Å². The van der Waals surface area contributed by atoms with Crippen molar-refractivity contribution in [2.24, 2.45) is 5.92 Å². The van der Waals surface area contributed by atoms with E-state index < -0.39 is 23.1 Å². The third kappa shape index (κ3) is 3.24. The minimum atomic E-state index is -1.67. The monoisotopic (exact) mass is 481 g/mol. The van der Waals surface area contributed by atoms with Gasteiger partial charge in [-0.05, 0) is 18.6 Å². The number of rotatable bonds is 6. The molecule has 2 aromatic carbocycles. The van der Waals surface area contributed by atoms with Gasteiger partial charge in [-0.25, -0.2) is 4.98 Å². The Labute approximate surface area is 201 Å². The number of Topliss-reactive ketones (excluding diaryl/α,β-unsaturated/α-hetero) is 1. The summed E-state index contributed by atoms with van der Waals surface area (Å²) in [5.41, 5.74) is 1.25. The van der Waals surface area contributed by atoms with Crippen molar-refractivity contribution in [2.75, 3.05) is 20.8 Å². The van der Waals surface area contributed by atoms with Crippen LogP contribution < -0.4 is 19.5 Å². The van der Waals surface area contributed by atoms with Crippen LogP contribution in [0.1, 0.15) is 23.7 Å². The lowest BCUT2D eigenvalue weighted by Crippen LogP contribution is -2.55. The average Bonchev–Trinajstić information content (AvgIpc) is 3.38. The van der Waals surface area contributed by atoms with Crippen LogP contribution in [-0.2, 0) is 11.3 Å². The van der Waals surface area contributed by atoms with Crippen molar-refractivity contribution in [1.82, 2.24) is 14.9 Å². The molecule has 0 bridgehead atoms. The van der Waals surface area contributed by atoms with Gasteiger partial charge in [-0.15, -0.1) is 0 Å². The highest BCUT2D eigenvalue weighted by Gasteiger charge is 2.60. The van der Waals surface area contributed by atoms with Crippen molar-refractivity contribution in [2.45, 2.75) is 25.5 Å². The first-order valence-electron chi connectivity index (χ1n) is 11.0. The van der Waals surface area contributed by atoms with Crippen molar-refractivity contribution in [3.05, 3.63) is 59.0 Å². The highest BCUT2D eigenvalue weighted by atomic mass is 35.5. The number of halogens is 1. The second kappa shape index (κ2) is 8.36. The first-order valence-corrected chi connectivity index (χ1v) is 11.4. The quantitative estimate of drug-likeness (QED) is 0.535. The van der Waals surface area contributed by atoms with Gasteiger partial charge in [0.05, 0.1) is 31.6 Å². The summed E-state index contributed by atoms with van der Waals surface area (Å²) >= 11 is 6.43. The van der Waals surface area contributed by atoms with Gasteiger partial charge in [-0.1, -0.05) is 30.7 Å². The molecule has 0 saturated carbocycles. The van der Waals surface area contributed by atoms with E-state index in [1.807, 2.05) is 31.2 Å². The zero-order chi connectivity index (χ0) is 24.0. The van der Waals surface area contributed by atoms with E-state index >= 15 is 0 Å². The van der Waals surface area contributed by atoms with Crippen LogP contribution in [0.4, 0.5) is 0 Å². The summed E-state index contributed by atoms with van der Waals surface area (Å²) in [4.78, 5) is 31.3. The number of nitrogens with one attached hydrogen (secondary N) is 1. The van der Waals surface area contributed by atoms with Crippen LogP contribution in [0.2, 0.25) is 5.02 Å². The number of allylic oxidation sites excluding steroid dienone is 1. The largest absolute Gasteiger partial charge is 0.496 e. The summed E-state index contributed by atoms with van der Waals surface area (Å²) in [6.45, 7) is 3.11. The Morgan fingerprint density at radius 3 is 2.74 bits per heavy atom. The van der Waals surface area contributed by atoms with E-state index in [1.54, 1.807) is 6.33 Å². The summed E-state index contributed by atoms with van der Waals surface area (Å²) < 4.78 is 18.8. The molecule has 0 amide bonds. The SMILES string of the molecule is COc1cc(OC)c2c(c1Cl)O[C@@]1(C(=O)C=C(NCCn3cnc4ccccc43)C[C@H]1C)C2=O. The highest BCUT2D eigenvalue weighted by molar-refractivity contribution is 6.36. The minimum absolute atomic E-state index is 0.125. The predicted molar refractivity (Wildman–Crippen MR) is 127 cm³/mol. The standard InChI is InChI=1S/C25H24ClN3O5/c1-14-10-15(27-8-9-29-13-28-16-6-4-5-7-17(16)29)11-20(30)25(14)24(31)21-18(32-2)12-19(33-3)22(26)23(21)34-25/h4-7,11-14,27H,8-10H2,1-3H3/t14-,25+/m1/s1. The van der Waals surface area contributed by atoms with Crippen LogP contribution >= 0.6 is 11.6 Å². The second-order valence-electron chi connectivity index (χ2n) is 8.46. The molecule has 1 aliphatic heterocycles. The van der Waals surface area contributed by atoms with Gasteiger partial charge in [-0.3, -0.25) is 9.59 Å². The zero-order valence-electron chi connectivity index (χ0n) is 19.1. The molecule has 1 spiro atoms. The fourth-order valence-electron chi connectivity index (χ4n) is 4.78. The maximum Gasteiger partial charge on any atom is 0.236 e. The van der Waals surface area contributed by atoms with Crippen LogP contribution in [0.25, 0.3) is 11.0 Å². The zero-order valence-corrected chi connectivity index (χ0v) is 19.8. The molecular formula is C25H24ClN3O5. The van der Waals surface area contributed by atoms with E-state index in [1.165, 1.54) is 26.4 Å². The molecule has 176 valence electrons. The number of fused-ring (bicyclic) bond motifs is 2. The van der Waals surface area contributed by atoms with Crippen LogP contribution in [0.3, 0.4) is 0 Å². The molecule has 0 saturated heterocycles. The third-order valence-corrected chi connectivity index (χ3v) is 6.90. The van der Waals surface area contributed by atoms with E-state index in [4.69, 9.17) is 25.8 Å². The molecule has 1 aliphatic carbocycles. The van der Waals surface area contributed by atoms with Crippen LogP contribution in [0.5, 0.6) is 17.2 Å². The van der Waals surface area contributed by atoms with E-state index in [0.29, 0.717) is 25.3 Å². The number of imidazole rings is 1. The van der Waals surface area contributed by atoms with E-state index in [0.717, 1.165) is 16.7 Å². The molecular weight excluding hydrogens is 458 g/mol. The number of para-hydroxylation sites is 2.